The highest BCUT2D eigenvalue weighted by atomic mass is 32.1. The summed E-state index contributed by atoms with van der Waals surface area (Å²) in [6.07, 6.45) is 0.824. The molecule has 9 heteroatoms. The van der Waals surface area contributed by atoms with Gasteiger partial charge in [0.05, 0.1) is 6.07 Å². The van der Waals surface area contributed by atoms with Crippen molar-refractivity contribution in [2.75, 3.05) is 12.3 Å². The molecule has 2 aromatic rings. The van der Waals surface area contributed by atoms with Gasteiger partial charge < -0.3 is 20.3 Å². The first kappa shape index (κ1) is 28.5. The number of thiol groups is 1. The summed E-state index contributed by atoms with van der Waals surface area (Å²) >= 11 is 4.22. The summed E-state index contributed by atoms with van der Waals surface area (Å²) in [5.41, 5.74) is 1.35. The van der Waals surface area contributed by atoms with Crippen molar-refractivity contribution in [3.05, 3.63) is 77.9 Å². The molecule has 190 valence electrons. The molecule has 0 aromatic heterocycles. The first-order valence-electron chi connectivity index (χ1n) is 11.4. The van der Waals surface area contributed by atoms with Crippen LogP contribution in [0.25, 0.3) is 6.08 Å². The van der Waals surface area contributed by atoms with Crippen molar-refractivity contribution in [1.82, 2.24) is 15.5 Å². The molecule has 2 N–H and O–H groups in total. The zero-order valence-corrected chi connectivity index (χ0v) is 21.6. The monoisotopic (exact) mass is 508 g/mol. The van der Waals surface area contributed by atoms with E-state index in [1.165, 1.54) is 0 Å². The maximum Gasteiger partial charge on any atom is 0.408 e. The van der Waals surface area contributed by atoms with Gasteiger partial charge in [-0.3, -0.25) is 9.59 Å². The topological polar surface area (TPSA) is 112 Å². The van der Waals surface area contributed by atoms with Crippen molar-refractivity contribution < 1.29 is 19.1 Å². The molecule has 0 saturated heterocycles. The van der Waals surface area contributed by atoms with Gasteiger partial charge in [-0.25, -0.2) is 4.79 Å². The number of hydrogen-bond donors (Lipinski definition) is 3. The van der Waals surface area contributed by atoms with E-state index in [-0.39, 0.29) is 18.8 Å². The number of rotatable bonds is 10. The van der Waals surface area contributed by atoms with Gasteiger partial charge in [0, 0.05) is 12.3 Å². The maximum absolute atomic E-state index is 13.6. The Bertz CT molecular complexity index is 1110. The molecule has 0 aliphatic carbocycles. The summed E-state index contributed by atoms with van der Waals surface area (Å²) < 4.78 is 5.26. The zero-order chi connectivity index (χ0) is 26.7. The smallest absolute Gasteiger partial charge is 0.408 e. The number of alkyl carbamates (subject to hydrolysis) is 1. The van der Waals surface area contributed by atoms with E-state index in [0.717, 1.165) is 16.0 Å². The molecule has 2 unspecified atom stereocenters. The fourth-order valence-corrected chi connectivity index (χ4v) is 3.67. The molecule has 0 spiro atoms. The number of carbonyl (C=O) groups excluding carboxylic acids is 3. The fourth-order valence-electron chi connectivity index (χ4n) is 3.42. The second-order valence-corrected chi connectivity index (χ2v) is 9.35. The summed E-state index contributed by atoms with van der Waals surface area (Å²) in [5, 5.41) is 14.9. The molecule has 3 amide bonds. The number of amides is 3. The lowest BCUT2D eigenvalue weighted by atomic mass is 10.0. The normalized spacial score (nSPS) is 12.4. The Labute approximate surface area is 217 Å². The zero-order valence-electron chi connectivity index (χ0n) is 20.7. The molecule has 0 aliphatic heterocycles. The van der Waals surface area contributed by atoms with Crippen molar-refractivity contribution in [3.63, 3.8) is 0 Å². The molecule has 0 bridgehead atoms. The molecule has 2 aromatic carbocycles. The van der Waals surface area contributed by atoms with Crippen LogP contribution in [-0.2, 0) is 20.9 Å². The largest absolute Gasteiger partial charge is 0.444 e. The van der Waals surface area contributed by atoms with Gasteiger partial charge in [-0.1, -0.05) is 61.2 Å². The fraction of sp³-hybridized carbons (Fsp3) is 0.333. The predicted molar refractivity (Wildman–Crippen MR) is 142 cm³/mol. The van der Waals surface area contributed by atoms with Gasteiger partial charge in [0.15, 0.2) is 0 Å². The lowest BCUT2D eigenvalue weighted by Crippen LogP contribution is -2.53. The Balaban J connectivity index is 2.40. The van der Waals surface area contributed by atoms with Crippen molar-refractivity contribution in [3.8, 4) is 6.07 Å². The van der Waals surface area contributed by atoms with E-state index >= 15 is 0 Å². The van der Waals surface area contributed by atoms with Crippen molar-refractivity contribution in [2.24, 2.45) is 0 Å². The molecule has 0 fully saturated rings. The second-order valence-electron chi connectivity index (χ2n) is 8.99. The highest BCUT2D eigenvalue weighted by molar-refractivity contribution is 7.80. The standard InChI is InChI=1S/C27H32N4O4S/c1-5-19-12-9-13-21(16-19)23(24(32)29-17-20-10-7-6-8-11-20)31(15-14-28)25(33)22(18-36)30-26(34)35-27(2,3)4/h5-13,16,22-23,36H,1,15,17-18H2,2-4H3,(H,29,32)(H,30,34). The van der Waals surface area contributed by atoms with Crippen LogP contribution in [0, 0.1) is 11.3 Å². The minimum atomic E-state index is -1.14. The summed E-state index contributed by atoms with van der Waals surface area (Å²) in [6.45, 7) is 8.71. The Hall–Kier alpha value is -3.77. The molecule has 2 atom stereocenters. The third kappa shape index (κ3) is 8.47. The van der Waals surface area contributed by atoms with E-state index in [2.05, 4.69) is 29.8 Å². The number of nitrogens with one attached hydrogen (secondary N) is 2. The highest BCUT2D eigenvalue weighted by Gasteiger charge is 2.35. The van der Waals surface area contributed by atoms with Crippen LogP contribution < -0.4 is 10.6 Å². The third-order valence-electron chi connectivity index (χ3n) is 5.03. The summed E-state index contributed by atoms with van der Waals surface area (Å²) in [7, 11) is 0. The van der Waals surface area contributed by atoms with Gasteiger partial charge in [0.2, 0.25) is 11.8 Å². The van der Waals surface area contributed by atoms with Crippen LogP contribution in [0.15, 0.2) is 61.2 Å². The summed E-state index contributed by atoms with van der Waals surface area (Å²) in [4.78, 5) is 40.5. The first-order valence-corrected chi connectivity index (χ1v) is 12.0. The second kappa shape index (κ2) is 13.4. The molecular weight excluding hydrogens is 476 g/mol. The van der Waals surface area contributed by atoms with Gasteiger partial charge >= 0.3 is 6.09 Å². The molecule has 2 rings (SSSR count). The van der Waals surface area contributed by atoms with Crippen LogP contribution >= 0.6 is 12.6 Å². The van der Waals surface area contributed by atoms with E-state index < -0.39 is 35.6 Å². The average molecular weight is 509 g/mol. The number of benzene rings is 2. The first-order chi connectivity index (χ1) is 17.1. The Morgan fingerprint density at radius 1 is 1.17 bits per heavy atom. The van der Waals surface area contributed by atoms with Crippen LogP contribution in [0.5, 0.6) is 0 Å². The van der Waals surface area contributed by atoms with Crippen molar-refractivity contribution in [1.29, 1.82) is 5.26 Å². The quantitative estimate of drug-likeness (QED) is 0.333. The minimum absolute atomic E-state index is 0.0644. The van der Waals surface area contributed by atoms with Crippen molar-refractivity contribution >= 4 is 36.6 Å². The SMILES string of the molecule is C=Cc1cccc(C(C(=O)NCc2ccccc2)N(CC#N)C(=O)C(CS)NC(=O)OC(C)(C)C)c1. The van der Waals surface area contributed by atoms with Gasteiger partial charge in [-0.2, -0.15) is 17.9 Å². The molecule has 0 aliphatic rings. The average Bonchev–Trinajstić information content (AvgIpc) is 2.85. The van der Waals surface area contributed by atoms with Gasteiger partial charge in [0.25, 0.3) is 0 Å². The van der Waals surface area contributed by atoms with E-state index in [1.54, 1.807) is 45.0 Å². The van der Waals surface area contributed by atoms with E-state index in [9.17, 15) is 19.6 Å². The lowest BCUT2D eigenvalue weighted by Gasteiger charge is -2.32. The molecule has 36 heavy (non-hydrogen) atoms. The molecule has 0 radical (unpaired) electrons. The number of carbonyl (C=O) groups is 3. The predicted octanol–water partition coefficient (Wildman–Crippen LogP) is 3.86. The van der Waals surface area contributed by atoms with E-state index in [1.807, 2.05) is 42.5 Å². The van der Waals surface area contributed by atoms with E-state index in [0.29, 0.717) is 5.56 Å². The van der Waals surface area contributed by atoms with Crippen LogP contribution in [0.4, 0.5) is 4.79 Å². The van der Waals surface area contributed by atoms with Crippen LogP contribution in [0.1, 0.15) is 43.5 Å². The molecular formula is C27H32N4O4S. The van der Waals surface area contributed by atoms with Gasteiger partial charge in [0.1, 0.15) is 24.2 Å². The number of nitrogens with zero attached hydrogens (tertiary/aromatic N) is 2. The maximum atomic E-state index is 13.6. The summed E-state index contributed by atoms with van der Waals surface area (Å²) in [6, 6.07) is 16.0. The highest BCUT2D eigenvalue weighted by Crippen LogP contribution is 2.24. The minimum Gasteiger partial charge on any atom is -0.444 e. The van der Waals surface area contributed by atoms with Crippen LogP contribution in [0.2, 0.25) is 0 Å². The number of hydrogen-bond acceptors (Lipinski definition) is 6. The third-order valence-corrected chi connectivity index (χ3v) is 5.39. The molecule has 8 nitrogen and oxygen atoms in total. The molecule has 0 saturated carbocycles. The van der Waals surface area contributed by atoms with Gasteiger partial charge in [-0.15, -0.1) is 0 Å². The Morgan fingerprint density at radius 2 is 1.86 bits per heavy atom. The lowest BCUT2D eigenvalue weighted by molar-refractivity contribution is -0.141. The Kier molecular flexibility index (Phi) is 10.6. The van der Waals surface area contributed by atoms with E-state index in [4.69, 9.17) is 4.74 Å². The number of nitriles is 1. The summed E-state index contributed by atoms with van der Waals surface area (Å²) in [5.74, 6) is -1.18. The van der Waals surface area contributed by atoms with Crippen LogP contribution in [0.3, 0.4) is 0 Å². The van der Waals surface area contributed by atoms with Crippen molar-refractivity contribution in [2.45, 2.75) is 45.0 Å². The number of ether oxygens (including phenoxy) is 1. The van der Waals surface area contributed by atoms with Gasteiger partial charge in [-0.05, 0) is 43.5 Å². The molecule has 0 heterocycles. The Morgan fingerprint density at radius 3 is 2.44 bits per heavy atom. The van der Waals surface area contributed by atoms with Crippen LogP contribution in [-0.4, -0.2) is 46.7 Å².